The number of ether oxygens (including phenoxy) is 2. The van der Waals surface area contributed by atoms with Crippen LogP contribution >= 0.6 is 0 Å². The van der Waals surface area contributed by atoms with E-state index in [-0.39, 0.29) is 17.8 Å². The van der Waals surface area contributed by atoms with Crippen molar-refractivity contribution in [2.24, 2.45) is 17.3 Å². The van der Waals surface area contributed by atoms with E-state index >= 15 is 0 Å². The third kappa shape index (κ3) is 3.43. The Kier molecular flexibility index (Phi) is 5.63. The summed E-state index contributed by atoms with van der Waals surface area (Å²) in [5.41, 5.74) is 2.85. The summed E-state index contributed by atoms with van der Waals surface area (Å²) in [6.45, 7) is 3.44. The molecule has 36 heavy (non-hydrogen) atoms. The predicted octanol–water partition coefficient (Wildman–Crippen LogP) is 4.67. The molecule has 0 bridgehead atoms. The van der Waals surface area contributed by atoms with Crippen LogP contribution in [0.2, 0.25) is 0 Å². The molecule has 4 aliphatic carbocycles. The average Bonchev–Trinajstić information content (AvgIpc) is 3.40. The molecule has 0 radical (unpaired) electrons. The lowest BCUT2D eigenvalue weighted by Gasteiger charge is -2.57. The number of hydrogen-bond acceptors (Lipinski definition) is 6. The maximum Gasteiger partial charge on any atom is 0.171 e. The quantitative estimate of drug-likeness (QED) is 0.597. The molecule has 4 fully saturated rings. The zero-order valence-electron chi connectivity index (χ0n) is 21.9. The Morgan fingerprint density at radius 1 is 1.06 bits per heavy atom. The first kappa shape index (κ1) is 24.4. The lowest BCUT2D eigenvalue weighted by atomic mass is 9.49. The van der Waals surface area contributed by atoms with E-state index in [2.05, 4.69) is 56.3 Å². The predicted molar refractivity (Wildman–Crippen MR) is 137 cm³/mol. The summed E-state index contributed by atoms with van der Waals surface area (Å²) in [7, 11) is 4.10. The number of rotatable bonds is 3. The van der Waals surface area contributed by atoms with Crippen LogP contribution in [0.1, 0.15) is 76.2 Å². The van der Waals surface area contributed by atoms with Crippen LogP contribution in [-0.4, -0.2) is 54.5 Å². The molecule has 6 rings (SSSR count). The smallest absolute Gasteiger partial charge is 0.171 e. The first-order valence-corrected chi connectivity index (χ1v) is 13.7. The highest BCUT2D eigenvalue weighted by molar-refractivity contribution is 5.50. The highest BCUT2D eigenvalue weighted by Crippen LogP contribution is 2.68. The maximum absolute atomic E-state index is 12.1. The van der Waals surface area contributed by atoms with Crippen molar-refractivity contribution in [2.45, 2.75) is 87.6 Å². The summed E-state index contributed by atoms with van der Waals surface area (Å²) < 4.78 is 12.1. The highest BCUT2D eigenvalue weighted by Gasteiger charge is 2.64. The molecule has 6 nitrogen and oxygen atoms in total. The Morgan fingerprint density at radius 3 is 2.44 bits per heavy atom. The minimum Gasteiger partial charge on any atom is -0.388 e. The highest BCUT2D eigenvalue weighted by atomic mass is 16.7. The minimum absolute atomic E-state index is 0.122. The van der Waals surface area contributed by atoms with Crippen molar-refractivity contribution in [3.63, 3.8) is 0 Å². The van der Waals surface area contributed by atoms with Crippen LogP contribution in [0.4, 0.5) is 5.69 Å². The number of benzene rings is 1. The van der Waals surface area contributed by atoms with E-state index in [1.54, 1.807) is 0 Å². The number of allylic oxidation sites excluding steroid dienone is 1. The molecule has 0 unspecified atom stereocenters. The van der Waals surface area contributed by atoms with Gasteiger partial charge in [0.15, 0.2) is 5.79 Å². The number of anilines is 1. The fraction of sp³-hybridized carbons (Fsp3) is 0.700. The molecule has 1 aromatic rings. The minimum atomic E-state index is -0.958. The zero-order valence-corrected chi connectivity index (χ0v) is 21.9. The Bertz CT molecular complexity index is 1100. The SMILES string of the molecule is CN(C)c1ccc([C@H]2C[C@@]3(C)[C@@H](CC[C@@]3(O)CC#N)[C@@H]3CC[C@@]4(O)CC5(CCC4=C32)OCCO5)cc1. The van der Waals surface area contributed by atoms with Gasteiger partial charge in [0.05, 0.1) is 36.9 Å². The average molecular weight is 493 g/mol. The van der Waals surface area contributed by atoms with Gasteiger partial charge in [0.25, 0.3) is 0 Å². The summed E-state index contributed by atoms with van der Waals surface area (Å²) in [5.74, 6) is 0.134. The lowest BCUT2D eigenvalue weighted by Crippen LogP contribution is -2.55. The molecule has 5 aliphatic rings. The summed E-state index contributed by atoms with van der Waals surface area (Å²) in [5, 5.41) is 33.5. The van der Waals surface area contributed by atoms with E-state index in [0.29, 0.717) is 44.3 Å². The molecule has 1 heterocycles. The van der Waals surface area contributed by atoms with Gasteiger partial charge in [-0.25, -0.2) is 0 Å². The van der Waals surface area contributed by atoms with Crippen LogP contribution in [0.5, 0.6) is 0 Å². The molecular formula is C30H40N2O4. The number of aliphatic hydroxyl groups is 2. The molecule has 1 aromatic carbocycles. The Labute approximate surface area is 214 Å². The number of nitriles is 1. The fourth-order valence-corrected chi connectivity index (χ4v) is 8.83. The first-order chi connectivity index (χ1) is 17.1. The first-order valence-electron chi connectivity index (χ1n) is 13.7. The summed E-state index contributed by atoms with van der Waals surface area (Å²) in [6, 6.07) is 11.1. The second kappa shape index (κ2) is 8.30. The van der Waals surface area contributed by atoms with Crippen molar-refractivity contribution < 1.29 is 19.7 Å². The van der Waals surface area contributed by atoms with E-state index in [9.17, 15) is 15.5 Å². The van der Waals surface area contributed by atoms with Gasteiger partial charge in [-0.2, -0.15) is 5.26 Å². The third-order valence-electron chi connectivity index (χ3n) is 10.7. The lowest BCUT2D eigenvalue weighted by molar-refractivity contribution is -0.208. The normalized spacial score (nSPS) is 40.9. The molecule has 6 atom stereocenters. The van der Waals surface area contributed by atoms with Gasteiger partial charge in [0.1, 0.15) is 0 Å². The number of nitrogens with zero attached hydrogens (tertiary/aromatic N) is 2. The van der Waals surface area contributed by atoms with Gasteiger partial charge in [-0.1, -0.05) is 24.6 Å². The van der Waals surface area contributed by atoms with Crippen molar-refractivity contribution in [3.8, 4) is 6.07 Å². The Hall–Kier alpha value is -1.91. The monoisotopic (exact) mass is 492 g/mol. The maximum atomic E-state index is 12.1. The summed E-state index contributed by atoms with van der Waals surface area (Å²) in [6.07, 6.45) is 6.32. The van der Waals surface area contributed by atoms with E-state index in [4.69, 9.17) is 9.47 Å². The summed E-state index contributed by atoms with van der Waals surface area (Å²) >= 11 is 0. The Balaban J connectivity index is 1.47. The topological polar surface area (TPSA) is 86.0 Å². The van der Waals surface area contributed by atoms with E-state index in [1.807, 2.05) is 0 Å². The van der Waals surface area contributed by atoms with Crippen LogP contribution < -0.4 is 4.90 Å². The molecule has 194 valence electrons. The molecule has 1 saturated heterocycles. The van der Waals surface area contributed by atoms with Crippen LogP contribution in [-0.2, 0) is 9.47 Å². The standard InChI is InChI=1S/C30H40N2O4/c1-27-18-23(20-4-6-21(7-5-20)32(2)3)26-22(24(27)9-12-29(27,34)14-15-31)8-11-28(33)19-30(13-10-25(26)28)35-16-17-36-30/h4-7,22-24,33-34H,8-14,16-19H2,1-3H3/t22-,23+,24-,27-,28+,29+/m0/s1. The molecule has 0 aromatic heterocycles. The molecule has 1 aliphatic heterocycles. The van der Waals surface area contributed by atoms with Crippen LogP contribution in [0.3, 0.4) is 0 Å². The van der Waals surface area contributed by atoms with Crippen molar-refractivity contribution in [1.82, 2.24) is 0 Å². The Morgan fingerprint density at radius 2 is 1.78 bits per heavy atom. The van der Waals surface area contributed by atoms with Crippen LogP contribution in [0.25, 0.3) is 0 Å². The third-order valence-corrected chi connectivity index (χ3v) is 10.7. The van der Waals surface area contributed by atoms with Gasteiger partial charge in [-0.15, -0.1) is 0 Å². The second-order valence-corrected chi connectivity index (χ2v) is 12.6. The number of fused-ring (bicyclic) bond motifs is 4. The molecule has 0 amide bonds. The van der Waals surface area contributed by atoms with Crippen LogP contribution in [0, 0.1) is 28.6 Å². The molecule has 2 N–H and O–H groups in total. The van der Waals surface area contributed by atoms with Crippen molar-refractivity contribution in [2.75, 3.05) is 32.2 Å². The van der Waals surface area contributed by atoms with E-state index < -0.39 is 17.0 Å². The molecule has 3 saturated carbocycles. The van der Waals surface area contributed by atoms with Gasteiger partial charge < -0.3 is 24.6 Å². The summed E-state index contributed by atoms with van der Waals surface area (Å²) in [4.78, 5) is 2.11. The second-order valence-electron chi connectivity index (χ2n) is 12.6. The van der Waals surface area contributed by atoms with Crippen molar-refractivity contribution in [3.05, 3.63) is 41.0 Å². The van der Waals surface area contributed by atoms with Gasteiger partial charge in [0, 0.05) is 44.0 Å². The molecule has 1 spiro atoms. The molecular weight excluding hydrogens is 452 g/mol. The van der Waals surface area contributed by atoms with E-state index in [0.717, 1.165) is 37.8 Å². The van der Waals surface area contributed by atoms with Crippen LogP contribution in [0.15, 0.2) is 35.4 Å². The van der Waals surface area contributed by atoms with Gasteiger partial charge in [0.2, 0.25) is 0 Å². The van der Waals surface area contributed by atoms with Crippen molar-refractivity contribution >= 4 is 5.69 Å². The van der Waals surface area contributed by atoms with Gasteiger partial charge in [-0.05, 0) is 73.6 Å². The molecule has 6 heteroatoms. The van der Waals surface area contributed by atoms with E-state index in [1.165, 1.54) is 16.7 Å². The van der Waals surface area contributed by atoms with Crippen molar-refractivity contribution in [1.29, 1.82) is 5.26 Å². The zero-order chi connectivity index (χ0) is 25.3. The van der Waals surface area contributed by atoms with Gasteiger partial charge in [-0.3, -0.25) is 0 Å². The number of hydrogen-bond donors (Lipinski definition) is 2. The largest absolute Gasteiger partial charge is 0.388 e. The fourth-order valence-electron chi connectivity index (χ4n) is 8.83. The van der Waals surface area contributed by atoms with Gasteiger partial charge >= 0.3 is 0 Å².